The number of nitrogens with zero attached hydrogens (tertiary/aromatic N) is 2. The van der Waals surface area contributed by atoms with E-state index < -0.39 is 23.9 Å². The summed E-state index contributed by atoms with van der Waals surface area (Å²) in [6, 6.07) is 4.94. The number of rotatable bonds is 4. The molecule has 7 N–H and O–H groups in total. The molecule has 2 aromatic heterocycles. The third kappa shape index (κ3) is 4.93. The molecule has 3 heterocycles. The summed E-state index contributed by atoms with van der Waals surface area (Å²) in [4.78, 5) is 45.9. The second kappa shape index (κ2) is 9.77. The van der Waals surface area contributed by atoms with Gasteiger partial charge in [0.2, 0.25) is 11.7 Å². The van der Waals surface area contributed by atoms with Crippen LogP contribution in [-0.2, 0) is 11.2 Å². The van der Waals surface area contributed by atoms with Crippen molar-refractivity contribution in [2.24, 2.45) is 0 Å². The molecule has 1 unspecified atom stereocenters. The second-order valence-corrected chi connectivity index (χ2v) is 9.56. The first-order valence-electron chi connectivity index (χ1n) is 9.61. The number of ketones is 1. The van der Waals surface area contributed by atoms with Gasteiger partial charge in [0.15, 0.2) is 23.4 Å². The fourth-order valence-electron chi connectivity index (χ4n) is 3.19. The number of guanidine groups is 1. The van der Waals surface area contributed by atoms with E-state index in [1.807, 2.05) is 0 Å². The minimum Gasteiger partial charge on any atom is -0.478 e. The Hall–Kier alpha value is -3.26. The standard InChI is InChI=1S/C20H14BrCl2N7O4S/c21-15-17(25)28-16(24)12(27-15)19(33)30-20(26)29-18(32)8-5-6-4-7(10(22)11(23)14(6)34-8)13(31)9-2-1-3-35-9/h1-4,8H,5H2,(H4,24,25,28)(H3,26,29,30,32,33). The maximum atomic E-state index is 12.8. The molecular weight excluding hydrogens is 585 g/mol. The summed E-state index contributed by atoms with van der Waals surface area (Å²) < 4.78 is 5.73. The number of fused-ring (bicyclic) bond motifs is 1. The van der Waals surface area contributed by atoms with Crippen molar-refractivity contribution in [3.05, 3.63) is 59.9 Å². The highest BCUT2D eigenvalue weighted by molar-refractivity contribution is 9.10. The van der Waals surface area contributed by atoms with Gasteiger partial charge in [-0.2, -0.15) is 0 Å². The highest BCUT2D eigenvalue weighted by Gasteiger charge is 2.34. The second-order valence-electron chi connectivity index (χ2n) is 7.11. The van der Waals surface area contributed by atoms with Gasteiger partial charge in [-0.15, -0.1) is 11.3 Å². The summed E-state index contributed by atoms with van der Waals surface area (Å²) in [5.41, 5.74) is 11.6. The van der Waals surface area contributed by atoms with E-state index in [0.29, 0.717) is 10.4 Å². The predicted molar refractivity (Wildman–Crippen MR) is 134 cm³/mol. The monoisotopic (exact) mass is 597 g/mol. The number of hydrogen-bond acceptors (Lipinski definition) is 10. The number of aromatic nitrogens is 2. The lowest BCUT2D eigenvalue weighted by atomic mass is 10.0. The van der Waals surface area contributed by atoms with E-state index in [4.69, 9.17) is 44.8 Å². The minimum atomic E-state index is -1.08. The molecule has 0 fully saturated rings. The number of halogens is 3. The average Bonchev–Trinajstić information content (AvgIpc) is 3.48. The summed E-state index contributed by atoms with van der Waals surface area (Å²) >= 11 is 16.9. The summed E-state index contributed by atoms with van der Waals surface area (Å²) in [5, 5.41) is 14.0. The molecule has 0 saturated heterocycles. The molecule has 180 valence electrons. The zero-order chi connectivity index (χ0) is 25.4. The van der Waals surface area contributed by atoms with Gasteiger partial charge in [0.05, 0.1) is 9.90 Å². The van der Waals surface area contributed by atoms with E-state index in [0.717, 1.165) is 0 Å². The quantitative estimate of drug-likeness (QED) is 0.172. The minimum absolute atomic E-state index is 0.00530. The molecule has 1 aliphatic heterocycles. The third-order valence-electron chi connectivity index (χ3n) is 4.79. The Morgan fingerprint density at radius 3 is 2.60 bits per heavy atom. The largest absolute Gasteiger partial charge is 0.478 e. The number of carbonyl (C=O) groups is 3. The van der Waals surface area contributed by atoms with Crippen LogP contribution in [0.3, 0.4) is 0 Å². The molecule has 0 bridgehead atoms. The first-order valence-corrected chi connectivity index (χ1v) is 12.0. The van der Waals surface area contributed by atoms with Crippen molar-refractivity contribution < 1.29 is 19.1 Å². The Morgan fingerprint density at radius 1 is 1.17 bits per heavy atom. The van der Waals surface area contributed by atoms with Crippen molar-refractivity contribution in [1.82, 2.24) is 20.6 Å². The van der Waals surface area contributed by atoms with Gasteiger partial charge < -0.3 is 16.2 Å². The molecule has 1 aliphatic rings. The van der Waals surface area contributed by atoms with E-state index in [1.54, 1.807) is 17.5 Å². The molecule has 1 atom stereocenters. The van der Waals surface area contributed by atoms with Crippen molar-refractivity contribution >= 4 is 85.7 Å². The van der Waals surface area contributed by atoms with Crippen molar-refractivity contribution in [3.8, 4) is 5.75 Å². The Labute approximate surface area is 219 Å². The van der Waals surface area contributed by atoms with Crippen LogP contribution in [0.15, 0.2) is 28.2 Å². The number of amides is 2. The molecule has 0 radical (unpaired) electrons. The maximum Gasteiger partial charge on any atom is 0.280 e. The summed E-state index contributed by atoms with van der Waals surface area (Å²) in [5.74, 6) is -2.67. The maximum absolute atomic E-state index is 12.8. The molecule has 15 heteroatoms. The lowest BCUT2D eigenvalue weighted by Crippen LogP contribution is -2.48. The SMILES string of the molecule is N=C(NC(=O)c1nc(Br)c(N)nc1N)NC(=O)C1Cc2cc(C(=O)c3cccs3)c(Cl)c(Cl)c2O1. The van der Waals surface area contributed by atoms with Gasteiger partial charge in [0, 0.05) is 17.5 Å². The first-order chi connectivity index (χ1) is 16.6. The molecule has 0 aliphatic carbocycles. The number of ether oxygens (including phenoxy) is 1. The Morgan fingerprint density at radius 2 is 1.91 bits per heavy atom. The molecule has 11 nitrogen and oxygen atoms in total. The van der Waals surface area contributed by atoms with Crippen molar-refractivity contribution in [2.45, 2.75) is 12.5 Å². The topological polar surface area (TPSA) is 186 Å². The summed E-state index contributed by atoms with van der Waals surface area (Å²) in [7, 11) is 0. The fraction of sp³-hybridized carbons (Fsp3) is 0.100. The van der Waals surface area contributed by atoms with Crippen LogP contribution in [0.25, 0.3) is 0 Å². The van der Waals surface area contributed by atoms with Crippen LogP contribution in [0.2, 0.25) is 10.0 Å². The van der Waals surface area contributed by atoms with E-state index in [-0.39, 0.29) is 55.5 Å². The van der Waals surface area contributed by atoms with Gasteiger partial charge in [0.25, 0.3) is 11.8 Å². The molecule has 4 rings (SSSR count). The number of nitrogen functional groups attached to an aromatic ring is 2. The van der Waals surface area contributed by atoms with Crippen LogP contribution in [0.1, 0.15) is 31.3 Å². The average molecular weight is 599 g/mol. The van der Waals surface area contributed by atoms with E-state index >= 15 is 0 Å². The Bertz CT molecular complexity index is 1400. The molecule has 0 saturated carbocycles. The Kier molecular flexibility index (Phi) is 6.94. The van der Waals surface area contributed by atoms with E-state index in [2.05, 4.69) is 36.5 Å². The molecule has 2 amide bonds. The number of nitrogens with one attached hydrogen (secondary N) is 3. The van der Waals surface area contributed by atoms with Gasteiger partial charge in [-0.25, -0.2) is 9.97 Å². The zero-order valence-electron chi connectivity index (χ0n) is 17.3. The van der Waals surface area contributed by atoms with Gasteiger partial charge in [-0.1, -0.05) is 29.3 Å². The molecule has 35 heavy (non-hydrogen) atoms. The number of benzene rings is 1. The molecule has 0 spiro atoms. The first kappa shape index (κ1) is 24.9. The predicted octanol–water partition coefficient (Wildman–Crippen LogP) is 2.79. The smallest absolute Gasteiger partial charge is 0.280 e. The van der Waals surface area contributed by atoms with Gasteiger partial charge in [-0.05, 0) is 33.4 Å². The van der Waals surface area contributed by atoms with Crippen molar-refractivity contribution in [2.75, 3.05) is 11.5 Å². The number of nitrogens with two attached hydrogens (primary N) is 2. The van der Waals surface area contributed by atoms with Crippen molar-refractivity contribution in [1.29, 1.82) is 5.41 Å². The van der Waals surface area contributed by atoms with Crippen LogP contribution in [0.4, 0.5) is 11.6 Å². The third-order valence-corrected chi connectivity index (χ3v) is 7.09. The van der Waals surface area contributed by atoms with Crippen LogP contribution in [-0.4, -0.2) is 39.6 Å². The highest BCUT2D eigenvalue weighted by atomic mass is 79.9. The summed E-state index contributed by atoms with van der Waals surface area (Å²) in [6.45, 7) is 0. The van der Waals surface area contributed by atoms with Crippen LogP contribution >= 0.6 is 50.5 Å². The van der Waals surface area contributed by atoms with Gasteiger partial charge in [0.1, 0.15) is 15.4 Å². The Balaban J connectivity index is 1.44. The fourth-order valence-corrected chi connectivity index (χ4v) is 4.63. The molecular formula is C20H14BrCl2N7O4S. The van der Waals surface area contributed by atoms with Crippen LogP contribution in [0.5, 0.6) is 5.75 Å². The van der Waals surface area contributed by atoms with E-state index in [9.17, 15) is 14.4 Å². The number of anilines is 2. The van der Waals surface area contributed by atoms with Gasteiger partial charge >= 0.3 is 0 Å². The van der Waals surface area contributed by atoms with Crippen molar-refractivity contribution in [3.63, 3.8) is 0 Å². The highest BCUT2D eigenvalue weighted by Crippen LogP contribution is 2.43. The normalized spacial score (nSPS) is 14.1. The zero-order valence-corrected chi connectivity index (χ0v) is 21.2. The van der Waals surface area contributed by atoms with Crippen LogP contribution < -0.4 is 26.8 Å². The van der Waals surface area contributed by atoms with Crippen LogP contribution in [0, 0.1) is 5.41 Å². The molecule has 1 aromatic carbocycles. The number of carbonyl (C=O) groups excluding carboxylic acids is 3. The number of hydrogen-bond donors (Lipinski definition) is 5. The summed E-state index contributed by atoms with van der Waals surface area (Å²) in [6.07, 6.45) is -1.02. The van der Waals surface area contributed by atoms with E-state index in [1.165, 1.54) is 17.4 Å². The molecule has 3 aromatic rings. The lowest BCUT2D eigenvalue weighted by Gasteiger charge is -2.13. The lowest BCUT2D eigenvalue weighted by molar-refractivity contribution is -0.125. The number of thiophene rings is 1. The van der Waals surface area contributed by atoms with Gasteiger partial charge in [-0.3, -0.25) is 30.4 Å².